The highest BCUT2D eigenvalue weighted by Gasteiger charge is 2.42. The van der Waals surface area contributed by atoms with Crippen LogP contribution in [0.25, 0.3) is 0 Å². The molecule has 2 rings (SSSR count). The van der Waals surface area contributed by atoms with E-state index in [0.29, 0.717) is 4.31 Å². The van der Waals surface area contributed by atoms with Gasteiger partial charge in [-0.05, 0) is 6.07 Å². The first-order valence-corrected chi connectivity index (χ1v) is 6.87. The molecule has 20 heavy (non-hydrogen) atoms. The Kier molecular flexibility index (Phi) is 3.46. The number of fused-ring (bicyclic) bond motifs is 1. The number of aliphatic hydroxyl groups excluding tert-OH is 2. The largest absolute Gasteiger partial charge is 0.394 e. The number of nitro groups is 1. The smallest absolute Gasteiger partial charge is 0.270 e. The van der Waals surface area contributed by atoms with Crippen molar-refractivity contribution in [2.24, 2.45) is 0 Å². The second kappa shape index (κ2) is 4.81. The monoisotopic (exact) mass is 302 g/mol. The van der Waals surface area contributed by atoms with Gasteiger partial charge in [0.05, 0.1) is 29.7 Å². The third kappa shape index (κ3) is 2.13. The maximum Gasteiger partial charge on any atom is 0.270 e. The van der Waals surface area contributed by atoms with Gasteiger partial charge in [-0.15, -0.1) is 0 Å². The number of nitrogens with zero attached hydrogens (tertiary/aromatic N) is 2. The van der Waals surface area contributed by atoms with Gasteiger partial charge in [0.1, 0.15) is 4.90 Å². The number of sulfonamides is 1. The molecule has 1 aliphatic heterocycles. The number of β-amino-alcohol motifs (C(OH)–C–C–N with tert-alkyl or cyclic N) is 1. The standard InChI is InChI=1S/C10H10N2O7S/c13-5-7(14)4-11-10(15)8-2-1-6(12(16)17)3-9(8)20(11,18)19/h1-3,7,13-14H,4-5H2. The van der Waals surface area contributed by atoms with Crippen molar-refractivity contribution in [1.82, 2.24) is 4.31 Å². The molecule has 0 saturated heterocycles. The molecule has 0 fully saturated rings. The summed E-state index contributed by atoms with van der Waals surface area (Å²) in [5, 5.41) is 28.6. The molecule has 0 bridgehead atoms. The molecule has 9 nitrogen and oxygen atoms in total. The topological polar surface area (TPSA) is 138 Å². The Bertz CT molecular complexity index is 685. The van der Waals surface area contributed by atoms with Crippen LogP contribution in [-0.2, 0) is 10.0 Å². The van der Waals surface area contributed by atoms with Gasteiger partial charge >= 0.3 is 0 Å². The second-order valence-electron chi connectivity index (χ2n) is 4.12. The minimum atomic E-state index is -4.25. The molecule has 0 radical (unpaired) electrons. The molecule has 1 aromatic rings. The highest BCUT2D eigenvalue weighted by molar-refractivity contribution is 7.90. The first-order chi connectivity index (χ1) is 9.28. The van der Waals surface area contributed by atoms with Crippen LogP contribution in [-0.4, -0.2) is 53.0 Å². The summed E-state index contributed by atoms with van der Waals surface area (Å²) in [6.07, 6.45) is -1.42. The van der Waals surface area contributed by atoms with Crippen molar-refractivity contribution in [3.8, 4) is 0 Å². The molecule has 10 heteroatoms. The number of hydrogen-bond acceptors (Lipinski definition) is 7. The zero-order valence-electron chi connectivity index (χ0n) is 9.96. The van der Waals surface area contributed by atoms with Gasteiger partial charge < -0.3 is 10.2 Å². The summed E-state index contributed by atoms with van der Waals surface area (Å²) in [7, 11) is -4.25. The number of hydrogen-bond donors (Lipinski definition) is 2. The number of carbonyl (C=O) groups excluding carboxylic acids is 1. The molecule has 1 aliphatic rings. The molecule has 108 valence electrons. The fourth-order valence-corrected chi connectivity index (χ4v) is 3.43. The molecule has 2 N–H and O–H groups in total. The minimum Gasteiger partial charge on any atom is -0.394 e. The number of amides is 1. The predicted octanol–water partition coefficient (Wildman–Crippen LogP) is -0.908. The summed E-state index contributed by atoms with van der Waals surface area (Å²) in [6.45, 7) is -1.32. The number of carbonyl (C=O) groups is 1. The van der Waals surface area contributed by atoms with E-state index in [1.54, 1.807) is 0 Å². The van der Waals surface area contributed by atoms with Crippen LogP contribution in [0.5, 0.6) is 0 Å². The van der Waals surface area contributed by atoms with Crippen molar-refractivity contribution < 1.29 is 28.3 Å². The summed E-state index contributed by atoms with van der Waals surface area (Å²) in [4.78, 5) is 21.3. The summed E-state index contributed by atoms with van der Waals surface area (Å²) in [6, 6.07) is 2.88. The van der Waals surface area contributed by atoms with E-state index >= 15 is 0 Å². The molecule has 1 aromatic carbocycles. The Hall–Kier alpha value is -2.04. The molecule has 0 spiro atoms. The van der Waals surface area contributed by atoms with Gasteiger partial charge in [0.15, 0.2) is 0 Å². The van der Waals surface area contributed by atoms with E-state index in [1.165, 1.54) is 0 Å². The first-order valence-electron chi connectivity index (χ1n) is 5.43. The highest BCUT2D eigenvalue weighted by atomic mass is 32.2. The zero-order valence-corrected chi connectivity index (χ0v) is 10.8. The van der Waals surface area contributed by atoms with E-state index in [9.17, 15) is 28.4 Å². The fourth-order valence-electron chi connectivity index (χ4n) is 1.81. The lowest BCUT2D eigenvalue weighted by molar-refractivity contribution is -0.385. The van der Waals surface area contributed by atoms with Crippen LogP contribution < -0.4 is 0 Å². The quantitative estimate of drug-likeness (QED) is 0.542. The zero-order chi connectivity index (χ0) is 15.1. The third-order valence-electron chi connectivity index (χ3n) is 2.79. The summed E-state index contributed by atoms with van der Waals surface area (Å²) in [5.41, 5.74) is -0.648. The maximum absolute atomic E-state index is 12.1. The Balaban J connectivity index is 2.51. The van der Waals surface area contributed by atoms with E-state index in [-0.39, 0.29) is 5.56 Å². The Morgan fingerprint density at radius 2 is 2.05 bits per heavy atom. The number of benzene rings is 1. The van der Waals surface area contributed by atoms with Crippen LogP contribution in [0.4, 0.5) is 5.69 Å². The number of aliphatic hydroxyl groups is 2. The Labute approximate surface area is 113 Å². The molecule has 0 aliphatic carbocycles. The minimum absolute atomic E-state index is 0.194. The third-order valence-corrected chi connectivity index (χ3v) is 4.58. The van der Waals surface area contributed by atoms with Crippen molar-refractivity contribution >= 4 is 21.6 Å². The van der Waals surface area contributed by atoms with Gasteiger partial charge in [0, 0.05) is 12.1 Å². The van der Waals surface area contributed by atoms with Crippen molar-refractivity contribution in [2.45, 2.75) is 11.0 Å². The van der Waals surface area contributed by atoms with Gasteiger partial charge in [0.2, 0.25) is 0 Å². The molecular formula is C10H10N2O7S. The van der Waals surface area contributed by atoms with Crippen LogP contribution in [0.15, 0.2) is 23.1 Å². The Morgan fingerprint density at radius 3 is 2.60 bits per heavy atom. The van der Waals surface area contributed by atoms with E-state index in [0.717, 1.165) is 18.2 Å². The highest BCUT2D eigenvalue weighted by Crippen LogP contribution is 2.32. The summed E-state index contributed by atoms with van der Waals surface area (Å²) in [5.74, 6) is -0.887. The average molecular weight is 302 g/mol. The molecule has 1 unspecified atom stereocenters. The van der Waals surface area contributed by atoms with Crippen LogP contribution >= 0.6 is 0 Å². The molecule has 0 saturated carbocycles. The number of rotatable bonds is 4. The first kappa shape index (κ1) is 14.4. The summed E-state index contributed by atoms with van der Waals surface area (Å²) >= 11 is 0. The number of nitro benzene ring substituents is 1. The summed E-state index contributed by atoms with van der Waals surface area (Å²) < 4.78 is 24.6. The fraction of sp³-hybridized carbons (Fsp3) is 0.300. The normalized spacial score (nSPS) is 17.9. The van der Waals surface area contributed by atoms with Gasteiger partial charge in [-0.2, -0.15) is 0 Å². The van der Waals surface area contributed by atoms with E-state index in [1.807, 2.05) is 0 Å². The van der Waals surface area contributed by atoms with E-state index < -0.39 is 50.7 Å². The van der Waals surface area contributed by atoms with Crippen molar-refractivity contribution in [2.75, 3.05) is 13.2 Å². The van der Waals surface area contributed by atoms with E-state index in [4.69, 9.17) is 5.11 Å². The lowest BCUT2D eigenvalue weighted by Gasteiger charge is -2.17. The van der Waals surface area contributed by atoms with Gasteiger partial charge in [-0.1, -0.05) is 0 Å². The van der Waals surface area contributed by atoms with Gasteiger partial charge in [-0.3, -0.25) is 14.9 Å². The van der Waals surface area contributed by atoms with Gasteiger partial charge in [0.25, 0.3) is 21.6 Å². The molecule has 1 amide bonds. The lowest BCUT2D eigenvalue weighted by atomic mass is 10.2. The molecule has 1 heterocycles. The molecular weight excluding hydrogens is 292 g/mol. The second-order valence-corrected chi connectivity index (χ2v) is 5.95. The lowest BCUT2D eigenvalue weighted by Crippen LogP contribution is -2.38. The average Bonchev–Trinajstić information content (AvgIpc) is 2.59. The van der Waals surface area contributed by atoms with E-state index in [2.05, 4.69) is 0 Å². The van der Waals surface area contributed by atoms with Gasteiger partial charge in [-0.25, -0.2) is 12.7 Å². The predicted molar refractivity (Wildman–Crippen MR) is 64.4 cm³/mol. The Morgan fingerprint density at radius 1 is 1.40 bits per heavy atom. The van der Waals surface area contributed by atoms with Crippen LogP contribution in [0.1, 0.15) is 10.4 Å². The van der Waals surface area contributed by atoms with Crippen molar-refractivity contribution in [3.05, 3.63) is 33.9 Å². The SMILES string of the molecule is O=C1c2ccc([N+](=O)[O-])cc2S(=O)(=O)N1CC(O)CO. The van der Waals surface area contributed by atoms with Crippen molar-refractivity contribution in [3.63, 3.8) is 0 Å². The maximum atomic E-state index is 12.1. The van der Waals surface area contributed by atoms with Crippen LogP contribution in [0.3, 0.4) is 0 Å². The molecule has 0 aromatic heterocycles. The van der Waals surface area contributed by atoms with Crippen LogP contribution in [0.2, 0.25) is 0 Å². The van der Waals surface area contributed by atoms with Crippen LogP contribution in [0, 0.1) is 10.1 Å². The number of non-ortho nitro benzene ring substituents is 1. The van der Waals surface area contributed by atoms with Crippen molar-refractivity contribution in [1.29, 1.82) is 0 Å². The molecule has 1 atom stereocenters.